The standard InChI is InChI=1S/C15H19N3S/c1-15(7-4-8-19-15)14(18-16)13-10-17-9-11-5-2-3-6-12(11)13/h2-3,5-6,9-10,14,18H,4,7-8,16H2,1H3. The Morgan fingerprint density at radius 3 is 2.95 bits per heavy atom. The molecule has 2 unspecified atom stereocenters. The summed E-state index contributed by atoms with van der Waals surface area (Å²) in [5, 5.41) is 2.42. The first kappa shape index (κ1) is 12.9. The third-order valence-corrected chi connectivity index (χ3v) is 5.63. The molecule has 3 nitrogen and oxygen atoms in total. The van der Waals surface area contributed by atoms with Crippen molar-refractivity contribution >= 4 is 22.5 Å². The lowest BCUT2D eigenvalue weighted by Gasteiger charge is -2.33. The molecule has 1 fully saturated rings. The summed E-state index contributed by atoms with van der Waals surface area (Å²) in [5.74, 6) is 7.08. The Bertz CT molecular complexity index is 573. The van der Waals surface area contributed by atoms with Crippen molar-refractivity contribution in [3.05, 3.63) is 42.2 Å². The minimum absolute atomic E-state index is 0.138. The van der Waals surface area contributed by atoms with Gasteiger partial charge < -0.3 is 0 Å². The average molecular weight is 273 g/mol. The maximum absolute atomic E-state index is 5.87. The van der Waals surface area contributed by atoms with Gasteiger partial charge in [-0.1, -0.05) is 24.3 Å². The molecule has 2 aromatic rings. The summed E-state index contributed by atoms with van der Waals surface area (Å²) < 4.78 is 0.153. The Balaban J connectivity index is 2.11. The largest absolute Gasteiger partial charge is 0.271 e. The average Bonchev–Trinajstić information content (AvgIpc) is 2.87. The quantitative estimate of drug-likeness (QED) is 0.666. The van der Waals surface area contributed by atoms with Crippen LogP contribution < -0.4 is 11.3 Å². The van der Waals surface area contributed by atoms with Crippen LogP contribution in [0.15, 0.2) is 36.7 Å². The Morgan fingerprint density at radius 2 is 2.21 bits per heavy atom. The van der Waals surface area contributed by atoms with Crippen LogP contribution in [0.2, 0.25) is 0 Å². The fourth-order valence-electron chi connectivity index (χ4n) is 2.99. The van der Waals surface area contributed by atoms with Crippen molar-refractivity contribution in [3.8, 4) is 0 Å². The molecule has 1 aliphatic rings. The molecule has 3 N–H and O–H groups in total. The van der Waals surface area contributed by atoms with Crippen molar-refractivity contribution in [2.75, 3.05) is 5.75 Å². The summed E-state index contributed by atoms with van der Waals surface area (Å²) in [6.45, 7) is 2.30. The summed E-state index contributed by atoms with van der Waals surface area (Å²) in [7, 11) is 0. The first-order valence-corrected chi connectivity index (χ1v) is 7.66. The van der Waals surface area contributed by atoms with Gasteiger partial charge in [0.25, 0.3) is 0 Å². The lowest BCUT2D eigenvalue weighted by molar-refractivity contribution is 0.422. The Kier molecular flexibility index (Phi) is 3.48. The Labute approximate surface area is 117 Å². The zero-order valence-corrected chi connectivity index (χ0v) is 11.9. The lowest BCUT2D eigenvalue weighted by Crippen LogP contribution is -2.41. The van der Waals surface area contributed by atoms with Crippen LogP contribution in [0.5, 0.6) is 0 Å². The highest BCUT2D eigenvalue weighted by atomic mass is 32.2. The van der Waals surface area contributed by atoms with Gasteiger partial charge in [-0.2, -0.15) is 11.8 Å². The van der Waals surface area contributed by atoms with E-state index in [9.17, 15) is 0 Å². The normalized spacial score (nSPS) is 24.7. The number of rotatable bonds is 3. The number of nitrogens with two attached hydrogens (primary N) is 1. The second-order valence-corrected chi connectivity index (χ2v) is 6.94. The maximum Gasteiger partial charge on any atom is 0.0625 e. The second kappa shape index (κ2) is 5.12. The summed E-state index contributed by atoms with van der Waals surface area (Å²) in [4.78, 5) is 4.38. The van der Waals surface area contributed by atoms with Crippen LogP contribution in [-0.2, 0) is 0 Å². The molecule has 19 heavy (non-hydrogen) atoms. The zero-order valence-electron chi connectivity index (χ0n) is 11.1. The minimum Gasteiger partial charge on any atom is -0.271 e. The molecular formula is C15H19N3S. The second-order valence-electron chi connectivity index (χ2n) is 5.31. The number of hydrogen-bond acceptors (Lipinski definition) is 4. The van der Waals surface area contributed by atoms with Gasteiger partial charge in [-0.05, 0) is 36.5 Å². The van der Waals surface area contributed by atoms with E-state index in [1.165, 1.54) is 34.9 Å². The summed E-state index contributed by atoms with van der Waals surface area (Å²) in [6.07, 6.45) is 6.32. The topological polar surface area (TPSA) is 50.9 Å². The highest BCUT2D eigenvalue weighted by Gasteiger charge is 2.39. The summed E-state index contributed by atoms with van der Waals surface area (Å²) in [6, 6.07) is 8.51. The van der Waals surface area contributed by atoms with Gasteiger partial charge in [-0.25, -0.2) is 0 Å². The molecule has 1 aromatic heterocycles. The fraction of sp³-hybridized carbons (Fsp3) is 0.400. The number of fused-ring (bicyclic) bond motifs is 1. The number of nitrogens with one attached hydrogen (secondary N) is 1. The molecule has 2 heterocycles. The van der Waals surface area contributed by atoms with E-state index in [0.29, 0.717) is 0 Å². The van der Waals surface area contributed by atoms with Crippen molar-refractivity contribution in [3.63, 3.8) is 0 Å². The fourth-order valence-corrected chi connectivity index (χ4v) is 4.40. The summed E-state index contributed by atoms with van der Waals surface area (Å²) >= 11 is 2.01. The molecule has 1 aromatic carbocycles. The molecule has 4 heteroatoms. The van der Waals surface area contributed by atoms with Crippen LogP contribution in [-0.4, -0.2) is 15.5 Å². The number of hydrazine groups is 1. The van der Waals surface area contributed by atoms with Gasteiger partial charge in [0.05, 0.1) is 6.04 Å². The first-order chi connectivity index (χ1) is 9.24. The van der Waals surface area contributed by atoms with Crippen molar-refractivity contribution in [2.45, 2.75) is 30.6 Å². The number of benzene rings is 1. The van der Waals surface area contributed by atoms with Crippen molar-refractivity contribution < 1.29 is 0 Å². The number of pyridine rings is 1. The van der Waals surface area contributed by atoms with Gasteiger partial charge >= 0.3 is 0 Å². The van der Waals surface area contributed by atoms with E-state index in [1.54, 1.807) is 0 Å². The predicted octanol–water partition coefficient (Wildman–Crippen LogP) is 3.02. The molecule has 0 bridgehead atoms. The van der Waals surface area contributed by atoms with Crippen molar-refractivity contribution in [1.82, 2.24) is 10.4 Å². The molecule has 0 spiro atoms. The van der Waals surface area contributed by atoms with Crippen LogP contribution in [0, 0.1) is 0 Å². The molecule has 1 aliphatic heterocycles. The number of nitrogens with zero attached hydrogens (tertiary/aromatic N) is 1. The van der Waals surface area contributed by atoms with Crippen LogP contribution in [0.1, 0.15) is 31.4 Å². The highest BCUT2D eigenvalue weighted by molar-refractivity contribution is 8.00. The van der Waals surface area contributed by atoms with Gasteiger partial charge in [-0.3, -0.25) is 16.3 Å². The van der Waals surface area contributed by atoms with E-state index < -0.39 is 0 Å². The highest BCUT2D eigenvalue weighted by Crippen LogP contribution is 2.47. The molecule has 0 amide bonds. The molecule has 0 saturated carbocycles. The molecule has 1 saturated heterocycles. The van der Waals surface area contributed by atoms with Crippen LogP contribution >= 0.6 is 11.8 Å². The smallest absolute Gasteiger partial charge is 0.0625 e. The Morgan fingerprint density at radius 1 is 1.37 bits per heavy atom. The molecule has 3 rings (SSSR count). The first-order valence-electron chi connectivity index (χ1n) is 6.67. The van der Waals surface area contributed by atoms with E-state index in [4.69, 9.17) is 5.84 Å². The SMILES string of the molecule is CC1(C(NN)c2cncc3ccccc23)CCCS1. The predicted molar refractivity (Wildman–Crippen MR) is 81.9 cm³/mol. The Hall–Kier alpha value is -1.10. The maximum atomic E-state index is 5.87. The van der Waals surface area contributed by atoms with Crippen LogP contribution in [0.4, 0.5) is 0 Å². The van der Waals surface area contributed by atoms with Gasteiger partial charge in [0.1, 0.15) is 0 Å². The van der Waals surface area contributed by atoms with Crippen LogP contribution in [0.25, 0.3) is 10.8 Å². The van der Waals surface area contributed by atoms with Crippen molar-refractivity contribution in [1.29, 1.82) is 0 Å². The lowest BCUT2D eigenvalue weighted by atomic mass is 9.89. The molecular weight excluding hydrogens is 254 g/mol. The van der Waals surface area contributed by atoms with Gasteiger partial charge in [0.2, 0.25) is 0 Å². The van der Waals surface area contributed by atoms with Gasteiger partial charge in [-0.15, -0.1) is 0 Å². The van der Waals surface area contributed by atoms with E-state index >= 15 is 0 Å². The van der Waals surface area contributed by atoms with E-state index in [1.807, 2.05) is 30.2 Å². The third-order valence-electron chi connectivity index (χ3n) is 4.04. The monoisotopic (exact) mass is 273 g/mol. The van der Waals surface area contributed by atoms with E-state index in [-0.39, 0.29) is 10.8 Å². The molecule has 0 aliphatic carbocycles. The summed E-state index contributed by atoms with van der Waals surface area (Å²) in [5.41, 5.74) is 4.24. The molecule has 2 atom stereocenters. The third kappa shape index (κ3) is 2.24. The molecule has 100 valence electrons. The number of hydrogen-bond donors (Lipinski definition) is 2. The van der Waals surface area contributed by atoms with Crippen molar-refractivity contribution in [2.24, 2.45) is 5.84 Å². The molecule has 0 radical (unpaired) electrons. The van der Waals surface area contributed by atoms with Gasteiger partial charge in [0, 0.05) is 22.5 Å². The number of aromatic nitrogens is 1. The van der Waals surface area contributed by atoms with Gasteiger partial charge in [0.15, 0.2) is 0 Å². The van der Waals surface area contributed by atoms with Crippen LogP contribution in [0.3, 0.4) is 0 Å². The zero-order chi connectivity index (χ0) is 13.3. The number of thioether (sulfide) groups is 1. The van der Waals surface area contributed by atoms with E-state index in [0.717, 1.165) is 0 Å². The van der Waals surface area contributed by atoms with E-state index in [2.05, 4.69) is 35.5 Å². The minimum atomic E-state index is 0.138.